The van der Waals surface area contributed by atoms with Crippen LogP contribution in [0.1, 0.15) is 29.3 Å². The molecule has 1 atom stereocenters. The molecule has 2 aromatic rings. The van der Waals surface area contributed by atoms with Crippen LogP contribution in [-0.2, 0) is 6.54 Å². The number of likely N-dealkylation sites (tertiary alicyclic amines) is 1. The van der Waals surface area contributed by atoms with Gasteiger partial charge in [0.2, 0.25) is 0 Å². The summed E-state index contributed by atoms with van der Waals surface area (Å²) in [4.78, 5) is 3.96. The second-order valence-electron chi connectivity index (χ2n) is 5.89. The third-order valence-corrected chi connectivity index (χ3v) is 6.04. The van der Waals surface area contributed by atoms with E-state index < -0.39 is 0 Å². The lowest BCUT2D eigenvalue weighted by atomic mass is 10.1. The Hall–Kier alpha value is -0.880. The third-order valence-electron chi connectivity index (χ3n) is 4.34. The van der Waals surface area contributed by atoms with Crippen molar-refractivity contribution in [1.82, 2.24) is 10.2 Å². The molecule has 1 aromatic heterocycles. The quantitative estimate of drug-likeness (QED) is 0.750. The zero-order chi connectivity index (χ0) is 16.1. The molecule has 0 aliphatic carbocycles. The molecule has 23 heavy (non-hydrogen) atoms. The van der Waals surface area contributed by atoms with Gasteiger partial charge >= 0.3 is 0 Å². The lowest BCUT2D eigenvalue weighted by Crippen LogP contribution is -2.33. The first kappa shape index (κ1) is 17.0. The van der Waals surface area contributed by atoms with E-state index in [2.05, 4.69) is 61.9 Å². The molecule has 3 rings (SSSR count). The average Bonchev–Trinajstić information content (AvgIpc) is 3.24. The van der Waals surface area contributed by atoms with E-state index in [-0.39, 0.29) is 0 Å². The van der Waals surface area contributed by atoms with Gasteiger partial charge in [-0.25, -0.2) is 0 Å². The van der Waals surface area contributed by atoms with Crippen molar-refractivity contribution in [1.29, 1.82) is 0 Å². The van der Waals surface area contributed by atoms with Gasteiger partial charge in [-0.1, -0.05) is 12.1 Å². The Kier molecular flexibility index (Phi) is 6.11. The standard InChI is InChI=1S/C18H23BrN2OS/c1-22-16-6-4-14(5-7-16)18(21-8-2-3-9-21)12-20-11-17-10-15(19)13-23-17/h4-7,10,13,18,20H,2-3,8-9,11-12H2,1H3. The van der Waals surface area contributed by atoms with Crippen molar-refractivity contribution in [3.05, 3.63) is 50.6 Å². The predicted molar refractivity (Wildman–Crippen MR) is 100 cm³/mol. The Labute approximate surface area is 150 Å². The van der Waals surface area contributed by atoms with Gasteiger partial charge in [-0.3, -0.25) is 4.90 Å². The normalized spacial score (nSPS) is 16.6. The topological polar surface area (TPSA) is 24.5 Å². The lowest BCUT2D eigenvalue weighted by molar-refractivity contribution is 0.238. The van der Waals surface area contributed by atoms with Crippen LogP contribution < -0.4 is 10.1 Å². The Morgan fingerprint density at radius 2 is 2.00 bits per heavy atom. The van der Waals surface area contributed by atoms with Crippen LogP contribution in [0.2, 0.25) is 0 Å². The van der Waals surface area contributed by atoms with Gasteiger partial charge in [0, 0.05) is 33.9 Å². The minimum Gasteiger partial charge on any atom is -0.497 e. The fourth-order valence-electron chi connectivity index (χ4n) is 3.12. The van der Waals surface area contributed by atoms with Crippen LogP contribution in [0.4, 0.5) is 0 Å². The molecule has 5 heteroatoms. The first-order valence-electron chi connectivity index (χ1n) is 8.08. The predicted octanol–water partition coefficient (Wildman–Crippen LogP) is 4.45. The van der Waals surface area contributed by atoms with Gasteiger partial charge in [-0.05, 0) is 65.6 Å². The molecule has 1 aliphatic heterocycles. The summed E-state index contributed by atoms with van der Waals surface area (Å²) in [6.45, 7) is 4.30. The molecule has 1 unspecified atom stereocenters. The Bertz CT molecular complexity index is 608. The highest BCUT2D eigenvalue weighted by Gasteiger charge is 2.23. The first-order chi connectivity index (χ1) is 11.3. The molecule has 0 saturated carbocycles. The number of ether oxygens (including phenoxy) is 1. The summed E-state index contributed by atoms with van der Waals surface area (Å²) in [5.74, 6) is 0.922. The molecule has 0 bridgehead atoms. The number of benzene rings is 1. The summed E-state index contributed by atoms with van der Waals surface area (Å²) >= 11 is 5.31. The van der Waals surface area contributed by atoms with E-state index in [0.717, 1.165) is 18.8 Å². The average molecular weight is 395 g/mol. The van der Waals surface area contributed by atoms with E-state index in [9.17, 15) is 0 Å². The summed E-state index contributed by atoms with van der Waals surface area (Å²) < 4.78 is 6.46. The van der Waals surface area contributed by atoms with Crippen LogP contribution in [0.15, 0.2) is 40.2 Å². The number of hydrogen-bond acceptors (Lipinski definition) is 4. The van der Waals surface area contributed by atoms with Gasteiger partial charge in [-0.2, -0.15) is 0 Å². The smallest absolute Gasteiger partial charge is 0.118 e. The van der Waals surface area contributed by atoms with Crippen LogP contribution in [0, 0.1) is 0 Å². The van der Waals surface area contributed by atoms with E-state index in [4.69, 9.17) is 4.74 Å². The van der Waals surface area contributed by atoms with Gasteiger partial charge in [0.05, 0.1) is 7.11 Å². The van der Waals surface area contributed by atoms with Crippen molar-refractivity contribution in [2.75, 3.05) is 26.7 Å². The summed E-state index contributed by atoms with van der Waals surface area (Å²) in [6.07, 6.45) is 2.62. The van der Waals surface area contributed by atoms with Gasteiger partial charge < -0.3 is 10.1 Å². The van der Waals surface area contributed by atoms with Crippen molar-refractivity contribution in [2.45, 2.75) is 25.4 Å². The number of hydrogen-bond donors (Lipinski definition) is 1. The summed E-state index contributed by atoms with van der Waals surface area (Å²) in [5.41, 5.74) is 1.37. The van der Waals surface area contributed by atoms with E-state index in [1.165, 1.54) is 40.8 Å². The van der Waals surface area contributed by atoms with Gasteiger partial charge in [0.1, 0.15) is 5.75 Å². The van der Waals surface area contributed by atoms with Crippen LogP contribution >= 0.6 is 27.3 Å². The highest BCUT2D eigenvalue weighted by molar-refractivity contribution is 9.10. The highest BCUT2D eigenvalue weighted by Crippen LogP contribution is 2.26. The molecule has 0 spiro atoms. The van der Waals surface area contributed by atoms with Gasteiger partial charge in [0.15, 0.2) is 0 Å². The summed E-state index contributed by atoms with van der Waals surface area (Å²) in [6, 6.07) is 11.2. The Balaban J connectivity index is 1.65. The molecule has 0 amide bonds. The van der Waals surface area contributed by atoms with Crippen LogP contribution in [-0.4, -0.2) is 31.6 Å². The SMILES string of the molecule is COc1ccc(C(CNCc2cc(Br)cs2)N2CCCC2)cc1. The van der Waals surface area contributed by atoms with E-state index in [1.54, 1.807) is 18.4 Å². The lowest BCUT2D eigenvalue weighted by Gasteiger charge is -2.28. The van der Waals surface area contributed by atoms with E-state index in [1.807, 2.05) is 0 Å². The van der Waals surface area contributed by atoms with E-state index in [0.29, 0.717) is 6.04 Å². The minimum atomic E-state index is 0.437. The molecular formula is C18H23BrN2OS. The monoisotopic (exact) mass is 394 g/mol. The number of halogens is 1. The van der Waals surface area contributed by atoms with Crippen LogP contribution in [0.5, 0.6) is 5.75 Å². The van der Waals surface area contributed by atoms with Gasteiger partial charge in [-0.15, -0.1) is 11.3 Å². The van der Waals surface area contributed by atoms with Crippen molar-refractivity contribution in [3.63, 3.8) is 0 Å². The zero-order valence-electron chi connectivity index (χ0n) is 13.4. The Morgan fingerprint density at radius 1 is 1.26 bits per heavy atom. The van der Waals surface area contributed by atoms with E-state index >= 15 is 0 Å². The molecule has 1 N–H and O–H groups in total. The maximum Gasteiger partial charge on any atom is 0.118 e. The second kappa shape index (κ2) is 8.29. The largest absolute Gasteiger partial charge is 0.497 e. The number of nitrogens with zero attached hydrogens (tertiary/aromatic N) is 1. The summed E-state index contributed by atoms with van der Waals surface area (Å²) in [5, 5.41) is 5.77. The molecule has 3 nitrogen and oxygen atoms in total. The molecule has 1 aliphatic rings. The fraction of sp³-hybridized carbons (Fsp3) is 0.444. The molecular weight excluding hydrogens is 372 g/mol. The minimum absolute atomic E-state index is 0.437. The van der Waals surface area contributed by atoms with Crippen molar-refractivity contribution in [2.24, 2.45) is 0 Å². The van der Waals surface area contributed by atoms with Crippen molar-refractivity contribution in [3.8, 4) is 5.75 Å². The molecule has 1 fully saturated rings. The molecule has 2 heterocycles. The maximum atomic E-state index is 5.28. The second-order valence-corrected chi connectivity index (χ2v) is 7.81. The third kappa shape index (κ3) is 4.57. The number of rotatable bonds is 7. The number of thiophene rings is 1. The maximum absolute atomic E-state index is 5.28. The fourth-order valence-corrected chi connectivity index (χ4v) is 4.54. The molecule has 1 aromatic carbocycles. The van der Waals surface area contributed by atoms with Crippen molar-refractivity contribution < 1.29 is 4.74 Å². The summed E-state index contributed by atoms with van der Waals surface area (Å²) in [7, 11) is 1.72. The van der Waals surface area contributed by atoms with Crippen LogP contribution in [0.25, 0.3) is 0 Å². The zero-order valence-corrected chi connectivity index (χ0v) is 15.8. The molecule has 1 saturated heterocycles. The Morgan fingerprint density at radius 3 is 2.61 bits per heavy atom. The number of methoxy groups -OCH3 is 1. The van der Waals surface area contributed by atoms with Crippen LogP contribution in [0.3, 0.4) is 0 Å². The molecule has 124 valence electrons. The van der Waals surface area contributed by atoms with Crippen molar-refractivity contribution >= 4 is 27.3 Å². The molecule has 0 radical (unpaired) electrons. The number of nitrogens with one attached hydrogen (secondary N) is 1. The highest BCUT2D eigenvalue weighted by atomic mass is 79.9. The first-order valence-corrected chi connectivity index (χ1v) is 9.75. The van der Waals surface area contributed by atoms with Gasteiger partial charge in [0.25, 0.3) is 0 Å².